The molecule has 0 unspecified atom stereocenters. The zero-order chi connectivity index (χ0) is 17.2. The Morgan fingerprint density at radius 2 is 1.72 bits per heavy atom. The van der Waals surface area contributed by atoms with Gasteiger partial charge in [0.15, 0.2) is 6.29 Å². The van der Waals surface area contributed by atoms with Gasteiger partial charge in [0.25, 0.3) is 0 Å². The fraction of sp³-hybridized carbons (Fsp3) is 0.286. The van der Waals surface area contributed by atoms with E-state index in [1.807, 2.05) is 36.4 Å². The number of nitrogens with one attached hydrogen (secondary N) is 1. The molecule has 0 amide bonds. The Kier molecular flexibility index (Phi) is 4.28. The molecule has 0 radical (unpaired) electrons. The van der Waals surface area contributed by atoms with E-state index in [2.05, 4.69) is 40.0 Å². The zero-order valence-corrected chi connectivity index (χ0v) is 14.5. The second-order valence-electron chi connectivity index (χ2n) is 6.64. The molecule has 1 aromatic heterocycles. The molecule has 1 fully saturated rings. The molecule has 4 rings (SSSR count). The number of rotatable bonds is 4. The van der Waals surface area contributed by atoms with Crippen LogP contribution in [0.3, 0.4) is 0 Å². The molecule has 0 atom stereocenters. The first kappa shape index (κ1) is 15.9. The van der Waals surface area contributed by atoms with Crippen molar-refractivity contribution in [3.8, 4) is 5.69 Å². The Bertz CT molecular complexity index is 879. The fourth-order valence-electron chi connectivity index (χ4n) is 3.92. The Morgan fingerprint density at radius 1 is 1.04 bits per heavy atom. The van der Waals surface area contributed by atoms with Gasteiger partial charge in [0.05, 0.1) is 11.1 Å². The molecule has 0 aliphatic carbocycles. The molecular weight excluding hydrogens is 310 g/mol. The number of aldehydes is 1. The fourth-order valence-corrected chi connectivity index (χ4v) is 3.92. The summed E-state index contributed by atoms with van der Waals surface area (Å²) in [5.74, 6) is 0.995. The molecule has 3 aromatic rings. The molecule has 1 aliphatic heterocycles. The third-order valence-electron chi connectivity index (χ3n) is 5.21. The Hall–Kier alpha value is -2.59. The molecule has 1 N–H and O–H groups in total. The molecule has 25 heavy (non-hydrogen) atoms. The van der Waals surface area contributed by atoms with Gasteiger partial charge in [0.1, 0.15) is 5.82 Å². The van der Waals surface area contributed by atoms with Crippen molar-refractivity contribution in [1.29, 1.82) is 0 Å². The summed E-state index contributed by atoms with van der Waals surface area (Å²) in [7, 11) is 2.12. The summed E-state index contributed by atoms with van der Waals surface area (Å²) in [6, 6.07) is 18.9. The second kappa shape index (κ2) is 6.73. The lowest BCUT2D eigenvalue weighted by molar-refractivity contribution is 0.112. The van der Waals surface area contributed by atoms with E-state index in [0.29, 0.717) is 6.04 Å². The van der Waals surface area contributed by atoms with Crippen LogP contribution in [-0.2, 0) is 0 Å². The van der Waals surface area contributed by atoms with Crippen LogP contribution in [0.1, 0.15) is 23.2 Å². The van der Waals surface area contributed by atoms with Crippen LogP contribution < -0.4 is 10.2 Å². The third-order valence-corrected chi connectivity index (χ3v) is 5.21. The SMILES string of the molecule is CN(c1c(C=O)c2ccccc2n1-c1ccccc1)C1CCNCC1. The number of benzene rings is 2. The molecule has 0 bridgehead atoms. The molecule has 1 aliphatic rings. The molecule has 4 heteroatoms. The lowest BCUT2D eigenvalue weighted by atomic mass is 10.0. The summed E-state index contributed by atoms with van der Waals surface area (Å²) < 4.78 is 2.22. The van der Waals surface area contributed by atoms with Gasteiger partial charge in [0, 0.05) is 24.2 Å². The van der Waals surface area contributed by atoms with Gasteiger partial charge in [-0.2, -0.15) is 0 Å². The largest absolute Gasteiger partial charge is 0.357 e. The highest BCUT2D eigenvalue weighted by Gasteiger charge is 2.26. The summed E-state index contributed by atoms with van der Waals surface area (Å²) >= 11 is 0. The highest BCUT2D eigenvalue weighted by molar-refractivity contribution is 6.05. The highest BCUT2D eigenvalue weighted by atomic mass is 16.1. The van der Waals surface area contributed by atoms with Crippen LogP contribution in [-0.4, -0.2) is 37.0 Å². The second-order valence-corrected chi connectivity index (χ2v) is 6.64. The first-order valence-corrected chi connectivity index (χ1v) is 8.89. The minimum absolute atomic E-state index is 0.437. The lowest BCUT2D eigenvalue weighted by Gasteiger charge is -2.34. The van der Waals surface area contributed by atoms with Gasteiger partial charge in [-0.3, -0.25) is 9.36 Å². The predicted molar refractivity (Wildman–Crippen MR) is 103 cm³/mol. The third kappa shape index (κ3) is 2.72. The van der Waals surface area contributed by atoms with Gasteiger partial charge < -0.3 is 10.2 Å². The smallest absolute Gasteiger partial charge is 0.154 e. The van der Waals surface area contributed by atoms with E-state index in [4.69, 9.17) is 0 Å². The number of carbonyl (C=O) groups is 1. The molecule has 0 saturated carbocycles. The van der Waals surface area contributed by atoms with Crippen molar-refractivity contribution in [2.24, 2.45) is 0 Å². The highest BCUT2D eigenvalue weighted by Crippen LogP contribution is 2.36. The molecule has 1 saturated heterocycles. The van der Waals surface area contributed by atoms with Crippen LogP contribution in [0.4, 0.5) is 5.82 Å². The average Bonchev–Trinajstić information content (AvgIpc) is 3.03. The standard InChI is InChI=1S/C21H23N3O/c1-23(16-11-13-22-14-12-16)21-19(15-25)18-9-5-6-10-20(18)24(21)17-7-3-2-4-8-17/h2-10,15-16,22H,11-14H2,1H3. The number of para-hydroxylation sites is 2. The van der Waals surface area contributed by atoms with Crippen molar-refractivity contribution in [2.45, 2.75) is 18.9 Å². The van der Waals surface area contributed by atoms with E-state index >= 15 is 0 Å². The van der Waals surface area contributed by atoms with Gasteiger partial charge in [0.2, 0.25) is 0 Å². The Balaban J connectivity index is 1.96. The average molecular weight is 333 g/mol. The zero-order valence-electron chi connectivity index (χ0n) is 14.5. The summed E-state index contributed by atoms with van der Waals surface area (Å²) in [5.41, 5.74) is 2.94. The van der Waals surface area contributed by atoms with Crippen LogP contribution in [0.5, 0.6) is 0 Å². The first-order valence-electron chi connectivity index (χ1n) is 8.89. The number of anilines is 1. The number of carbonyl (C=O) groups excluding carboxylic acids is 1. The minimum atomic E-state index is 0.437. The number of hydrogen-bond donors (Lipinski definition) is 1. The van der Waals surface area contributed by atoms with Crippen molar-refractivity contribution in [1.82, 2.24) is 9.88 Å². The van der Waals surface area contributed by atoms with Crippen LogP contribution in [0.2, 0.25) is 0 Å². The first-order chi connectivity index (χ1) is 12.3. The maximum Gasteiger partial charge on any atom is 0.154 e. The van der Waals surface area contributed by atoms with Crippen LogP contribution in [0, 0.1) is 0 Å². The molecule has 128 valence electrons. The maximum absolute atomic E-state index is 12.0. The number of nitrogens with zero attached hydrogens (tertiary/aromatic N) is 2. The summed E-state index contributed by atoms with van der Waals surface area (Å²) in [5, 5.41) is 4.43. The van der Waals surface area contributed by atoms with E-state index in [-0.39, 0.29) is 0 Å². The number of piperidine rings is 1. The van der Waals surface area contributed by atoms with Crippen LogP contribution in [0.15, 0.2) is 54.6 Å². The molecule has 2 heterocycles. The van der Waals surface area contributed by atoms with Crippen molar-refractivity contribution < 1.29 is 4.79 Å². The maximum atomic E-state index is 12.0. The van der Waals surface area contributed by atoms with Gasteiger partial charge in [-0.05, 0) is 44.1 Å². The summed E-state index contributed by atoms with van der Waals surface area (Å²) in [6.07, 6.45) is 3.19. The van der Waals surface area contributed by atoms with E-state index in [0.717, 1.165) is 60.2 Å². The lowest BCUT2D eigenvalue weighted by Crippen LogP contribution is -2.42. The number of hydrogen-bond acceptors (Lipinski definition) is 3. The van der Waals surface area contributed by atoms with Crippen molar-refractivity contribution in [2.75, 3.05) is 25.0 Å². The van der Waals surface area contributed by atoms with Gasteiger partial charge in [-0.1, -0.05) is 36.4 Å². The number of aromatic nitrogens is 1. The van der Waals surface area contributed by atoms with E-state index in [1.54, 1.807) is 0 Å². The summed E-state index contributed by atoms with van der Waals surface area (Å²) in [6.45, 7) is 2.05. The minimum Gasteiger partial charge on any atom is -0.357 e. The predicted octanol–water partition coefficient (Wildman–Crippen LogP) is 3.63. The Morgan fingerprint density at radius 3 is 2.44 bits per heavy atom. The Labute approximate surface area is 148 Å². The molecule has 2 aromatic carbocycles. The van der Waals surface area contributed by atoms with Crippen molar-refractivity contribution in [3.63, 3.8) is 0 Å². The summed E-state index contributed by atoms with van der Waals surface area (Å²) in [4.78, 5) is 14.3. The normalized spacial score (nSPS) is 15.4. The van der Waals surface area contributed by atoms with Crippen molar-refractivity contribution in [3.05, 3.63) is 60.2 Å². The van der Waals surface area contributed by atoms with E-state index < -0.39 is 0 Å². The van der Waals surface area contributed by atoms with E-state index in [9.17, 15) is 4.79 Å². The monoisotopic (exact) mass is 333 g/mol. The van der Waals surface area contributed by atoms with Gasteiger partial charge >= 0.3 is 0 Å². The van der Waals surface area contributed by atoms with Gasteiger partial charge in [-0.25, -0.2) is 0 Å². The van der Waals surface area contributed by atoms with Crippen LogP contribution >= 0.6 is 0 Å². The van der Waals surface area contributed by atoms with Crippen LogP contribution in [0.25, 0.3) is 16.6 Å². The topological polar surface area (TPSA) is 37.3 Å². The molecule has 0 spiro atoms. The molecular formula is C21H23N3O. The van der Waals surface area contributed by atoms with E-state index in [1.165, 1.54) is 0 Å². The van der Waals surface area contributed by atoms with Gasteiger partial charge in [-0.15, -0.1) is 0 Å². The van der Waals surface area contributed by atoms with Crippen molar-refractivity contribution >= 4 is 23.0 Å². The quantitative estimate of drug-likeness (QED) is 0.741. The molecule has 4 nitrogen and oxygen atoms in total. The number of fused-ring (bicyclic) bond motifs is 1.